The quantitative estimate of drug-likeness (QED) is 0.624. The van der Waals surface area contributed by atoms with Crippen LogP contribution in [-0.4, -0.2) is 25.0 Å². The highest BCUT2D eigenvalue weighted by atomic mass is 19.1. The molecule has 5 nitrogen and oxygen atoms in total. The van der Waals surface area contributed by atoms with E-state index in [4.69, 9.17) is 10.5 Å². The first kappa shape index (κ1) is 14.9. The summed E-state index contributed by atoms with van der Waals surface area (Å²) in [5.74, 6) is -1.75. The lowest BCUT2D eigenvalue weighted by Gasteiger charge is -2.08. The number of nitrogens with one attached hydrogen (secondary N) is 1. The van der Waals surface area contributed by atoms with Crippen molar-refractivity contribution in [3.05, 3.63) is 29.1 Å². The van der Waals surface area contributed by atoms with Gasteiger partial charge < -0.3 is 15.8 Å². The molecule has 0 atom stereocenters. The lowest BCUT2D eigenvalue weighted by molar-refractivity contribution is -0.124. The molecule has 1 amide bonds. The van der Waals surface area contributed by atoms with Crippen LogP contribution in [0.2, 0.25) is 0 Å². The van der Waals surface area contributed by atoms with Crippen molar-refractivity contribution >= 4 is 17.6 Å². The van der Waals surface area contributed by atoms with Crippen molar-refractivity contribution in [3.63, 3.8) is 0 Å². The number of esters is 1. The van der Waals surface area contributed by atoms with Crippen LogP contribution < -0.4 is 11.1 Å². The molecule has 0 unspecified atom stereocenters. The zero-order valence-electron chi connectivity index (χ0n) is 11.0. The predicted molar refractivity (Wildman–Crippen MR) is 69.1 cm³/mol. The topological polar surface area (TPSA) is 81.4 Å². The fourth-order valence-electron chi connectivity index (χ4n) is 1.35. The van der Waals surface area contributed by atoms with E-state index in [0.717, 1.165) is 12.5 Å². The maximum atomic E-state index is 13.4. The number of amides is 1. The highest BCUT2D eigenvalue weighted by Crippen LogP contribution is 2.18. The molecule has 0 fully saturated rings. The third-order valence-electron chi connectivity index (χ3n) is 2.53. The van der Waals surface area contributed by atoms with Crippen LogP contribution in [0.15, 0.2) is 12.1 Å². The molecule has 104 valence electrons. The average molecular weight is 268 g/mol. The Morgan fingerprint density at radius 3 is 2.68 bits per heavy atom. The van der Waals surface area contributed by atoms with Crippen molar-refractivity contribution in [3.8, 4) is 0 Å². The molecule has 3 N–H and O–H groups in total. The number of hydrogen-bond acceptors (Lipinski definition) is 4. The van der Waals surface area contributed by atoms with E-state index >= 15 is 0 Å². The zero-order valence-corrected chi connectivity index (χ0v) is 11.0. The summed E-state index contributed by atoms with van der Waals surface area (Å²) < 4.78 is 18.2. The molecular formula is C13H17FN2O3. The monoisotopic (exact) mass is 268 g/mol. The lowest BCUT2D eigenvalue weighted by Crippen LogP contribution is -2.29. The largest absolute Gasteiger partial charge is 0.452 e. The van der Waals surface area contributed by atoms with Crippen molar-refractivity contribution in [2.75, 3.05) is 18.9 Å². The molecule has 0 aliphatic rings. The van der Waals surface area contributed by atoms with Gasteiger partial charge in [-0.3, -0.25) is 4.79 Å². The highest BCUT2D eigenvalue weighted by Gasteiger charge is 2.13. The van der Waals surface area contributed by atoms with Gasteiger partial charge >= 0.3 is 5.97 Å². The van der Waals surface area contributed by atoms with Crippen molar-refractivity contribution in [2.24, 2.45) is 0 Å². The molecule has 0 aromatic heterocycles. The number of benzene rings is 1. The molecule has 19 heavy (non-hydrogen) atoms. The first-order chi connectivity index (χ1) is 8.95. The maximum absolute atomic E-state index is 13.4. The van der Waals surface area contributed by atoms with Crippen LogP contribution in [0, 0.1) is 12.7 Å². The number of anilines is 1. The molecule has 0 radical (unpaired) electrons. The Hall–Kier alpha value is -2.11. The van der Waals surface area contributed by atoms with E-state index < -0.39 is 24.3 Å². The fraction of sp³-hybridized carbons (Fsp3) is 0.385. The van der Waals surface area contributed by atoms with Gasteiger partial charge in [0.15, 0.2) is 6.61 Å². The number of carbonyl (C=O) groups excluding carboxylic acids is 2. The van der Waals surface area contributed by atoms with Gasteiger partial charge in [-0.05, 0) is 25.5 Å². The first-order valence-electron chi connectivity index (χ1n) is 5.95. The van der Waals surface area contributed by atoms with E-state index in [1.54, 1.807) is 0 Å². The summed E-state index contributed by atoms with van der Waals surface area (Å²) in [6.45, 7) is 3.54. The Morgan fingerprint density at radius 2 is 2.11 bits per heavy atom. The van der Waals surface area contributed by atoms with Crippen LogP contribution in [-0.2, 0) is 9.53 Å². The normalized spacial score (nSPS) is 10.1. The van der Waals surface area contributed by atoms with E-state index in [0.29, 0.717) is 6.54 Å². The van der Waals surface area contributed by atoms with Crippen LogP contribution in [0.25, 0.3) is 0 Å². The summed E-state index contributed by atoms with van der Waals surface area (Å²) in [6.07, 6.45) is 0.791. The van der Waals surface area contributed by atoms with Crippen LogP contribution in [0.3, 0.4) is 0 Å². The van der Waals surface area contributed by atoms with Gasteiger partial charge in [0, 0.05) is 17.8 Å². The fourth-order valence-corrected chi connectivity index (χ4v) is 1.35. The number of hydrogen-bond donors (Lipinski definition) is 2. The first-order valence-corrected chi connectivity index (χ1v) is 5.95. The minimum Gasteiger partial charge on any atom is -0.452 e. The second kappa shape index (κ2) is 6.72. The molecule has 1 aromatic carbocycles. The molecule has 0 aliphatic heterocycles. The molecule has 0 saturated heterocycles. The second-order valence-electron chi connectivity index (χ2n) is 4.10. The molecule has 0 saturated carbocycles. The Labute approximate surface area is 110 Å². The number of nitrogens with two attached hydrogens (primary N) is 1. The van der Waals surface area contributed by atoms with E-state index in [1.165, 1.54) is 13.0 Å². The zero-order chi connectivity index (χ0) is 14.4. The molecule has 1 aromatic rings. The van der Waals surface area contributed by atoms with Crippen molar-refractivity contribution < 1.29 is 18.7 Å². The molecule has 0 aliphatic carbocycles. The van der Waals surface area contributed by atoms with Gasteiger partial charge in [0.25, 0.3) is 5.91 Å². The molecule has 0 spiro atoms. The summed E-state index contributed by atoms with van der Waals surface area (Å²) in [7, 11) is 0. The van der Waals surface area contributed by atoms with Crippen LogP contribution >= 0.6 is 0 Å². The third-order valence-corrected chi connectivity index (χ3v) is 2.53. The van der Waals surface area contributed by atoms with Gasteiger partial charge in [0.1, 0.15) is 5.82 Å². The molecule has 0 heterocycles. The van der Waals surface area contributed by atoms with Gasteiger partial charge in [-0.1, -0.05) is 6.92 Å². The molecule has 1 rings (SSSR count). The highest BCUT2D eigenvalue weighted by molar-refractivity contribution is 5.92. The maximum Gasteiger partial charge on any atom is 0.338 e. The molecule has 0 bridgehead atoms. The van der Waals surface area contributed by atoms with E-state index in [-0.39, 0.29) is 16.8 Å². The SMILES string of the molecule is CCCNC(=O)COC(=O)c1cc(N)c(C)c(F)c1. The van der Waals surface area contributed by atoms with Crippen LogP contribution in [0.1, 0.15) is 29.3 Å². The van der Waals surface area contributed by atoms with Gasteiger partial charge in [0.05, 0.1) is 5.56 Å². The summed E-state index contributed by atoms with van der Waals surface area (Å²) in [6, 6.07) is 2.36. The predicted octanol–water partition coefficient (Wildman–Crippen LogP) is 1.40. The number of rotatable bonds is 5. The van der Waals surface area contributed by atoms with Gasteiger partial charge in [0.2, 0.25) is 0 Å². The van der Waals surface area contributed by atoms with Gasteiger partial charge in [-0.15, -0.1) is 0 Å². The Balaban J connectivity index is 2.61. The molecule has 6 heteroatoms. The number of ether oxygens (including phenoxy) is 1. The summed E-state index contributed by atoms with van der Waals surface area (Å²) in [4.78, 5) is 22.9. The van der Waals surface area contributed by atoms with Crippen molar-refractivity contribution in [1.82, 2.24) is 5.32 Å². The number of nitrogen functional groups attached to an aromatic ring is 1. The number of carbonyl (C=O) groups is 2. The number of halogens is 1. The second-order valence-corrected chi connectivity index (χ2v) is 4.10. The summed E-state index contributed by atoms with van der Waals surface area (Å²) in [5, 5.41) is 2.56. The Morgan fingerprint density at radius 1 is 1.42 bits per heavy atom. The average Bonchev–Trinajstić information content (AvgIpc) is 2.39. The molecular weight excluding hydrogens is 251 g/mol. The van der Waals surface area contributed by atoms with Gasteiger partial charge in [-0.2, -0.15) is 0 Å². The van der Waals surface area contributed by atoms with Crippen LogP contribution in [0.4, 0.5) is 10.1 Å². The smallest absolute Gasteiger partial charge is 0.338 e. The van der Waals surface area contributed by atoms with E-state index in [1.807, 2.05) is 6.92 Å². The minimum absolute atomic E-state index is 0.0103. The Bertz CT molecular complexity index is 466. The van der Waals surface area contributed by atoms with Crippen LogP contribution in [0.5, 0.6) is 0 Å². The minimum atomic E-state index is -0.780. The van der Waals surface area contributed by atoms with Gasteiger partial charge in [-0.25, -0.2) is 9.18 Å². The summed E-state index contributed by atoms with van der Waals surface area (Å²) in [5.41, 5.74) is 5.99. The Kier molecular flexibility index (Phi) is 5.29. The standard InChI is InChI=1S/C13H17FN2O3/c1-3-4-16-12(17)7-19-13(18)9-5-10(14)8(2)11(15)6-9/h5-6H,3-4,7,15H2,1-2H3,(H,16,17). The lowest BCUT2D eigenvalue weighted by atomic mass is 10.1. The van der Waals surface area contributed by atoms with Crippen molar-refractivity contribution in [2.45, 2.75) is 20.3 Å². The van der Waals surface area contributed by atoms with Crippen molar-refractivity contribution in [1.29, 1.82) is 0 Å². The van der Waals surface area contributed by atoms with E-state index in [9.17, 15) is 14.0 Å². The third kappa shape index (κ3) is 4.24. The van der Waals surface area contributed by atoms with E-state index in [2.05, 4.69) is 5.32 Å². The summed E-state index contributed by atoms with van der Waals surface area (Å²) >= 11 is 0.